The number of nitrogens with zero attached hydrogens (tertiary/aromatic N) is 1. The Labute approximate surface area is 144 Å². The van der Waals surface area contributed by atoms with E-state index in [1.165, 1.54) is 6.92 Å². The molecule has 1 aromatic heterocycles. The van der Waals surface area contributed by atoms with Crippen molar-refractivity contribution in [1.82, 2.24) is 4.98 Å². The van der Waals surface area contributed by atoms with Crippen molar-refractivity contribution in [2.75, 3.05) is 17.7 Å². The van der Waals surface area contributed by atoms with E-state index < -0.39 is 0 Å². The van der Waals surface area contributed by atoms with Crippen LogP contribution in [0.3, 0.4) is 0 Å². The van der Waals surface area contributed by atoms with E-state index in [1.54, 1.807) is 18.4 Å². The number of anilines is 3. The summed E-state index contributed by atoms with van der Waals surface area (Å²) in [5.41, 5.74) is 3.65. The number of amides is 1. The van der Waals surface area contributed by atoms with E-state index in [4.69, 9.17) is 4.74 Å². The lowest BCUT2D eigenvalue weighted by Crippen LogP contribution is -2.05. The number of rotatable bonds is 5. The minimum absolute atomic E-state index is 0.0835. The van der Waals surface area contributed by atoms with Crippen molar-refractivity contribution in [2.45, 2.75) is 6.92 Å². The first kappa shape index (κ1) is 16.0. The van der Waals surface area contributed by atoms with E-state index in [2.05, 4.69) is 15.6 Å². The van der Waals surface area contributed by atoms with Crippen LogP contribution in [-0.4, -0.2) is 18.0 Å². The maximum absolute atomic E-state index is 11.0. The third-order valence-corrected chi connectivity index (χ3v) is 4.10. The molecule has 0 aliphatic carbocycles. The molecule has 0 spiro atoms. The number of benzene rings is 2. The number of ether oxygens (including phenoxy) is 1. The quantitative estimate of drug-likeness (QED) is 0.717. The molecule has 1 amide bonds. The number of hydrogen-bond donors (Lipinski definition) is 2. The molecule has 3 rings (SSSR count). The average molecular weight is 339 g/mol. The molecule has 122 valence electrons. The van der Waals surface area contributed by atoms with Gasteiger partial charge in [0.2, 0.25) is 5.91 Å². The van der Waals surface area contributed by atoms with Gasteiger partial charge in [-0.05, 0) is 48.5 Å². The summed E-state index contributed by atoms with van der Waals surface area (Å²) >= 11 is 1.54. The van der Waals surface area contributed by atoms with Crippen molar-refractivity contribution < 1.29 is 9.53 Å². The Bertz CT molecular complexity index is 826. The molecule has 2 N–H and O–H groups in total. The Balaban J connectivity index is 1.70. The Morgan fingerprint density at radius 1 is 1.04 bits per heavy atom. The SMILES string of the molecule is COc1ccc(-c2csc(Nc3ccc(NC(C)=O)cc3)n2)cc1. The van der Waals surface area contributed by atoms with Crippen LogP contribution in [0, 0.1) is 0 Å². The lowest BCUT2D eigenvalue weighted by atomic mass is 10.2. The van der Waals surface area contributed by atoms with E-state index in [0.717, 1.165) is 33.5 Å². The monoisotopic (exact) mass is 339 g/mol. The van der Waals surface area contributed by atoms with Crippen molar-refractivity contribution >= 4 is 33.8 Å². The summed E-state index contributed by atoms with van der Waals surface area (Å²) in [5.74, 6) is 0.742. The molecule has 0 atom stereocenters. The van der Waals surface area contributed by atoms with Gasteiger partial charge in [0.25, 0.3) is 0 Å². The fourth-order valence-corrected chi connectivity index (χ4v) is 2.93. The van der Waals surface area contributed by atoms with Crippen LogP contribution in [0.15, 0.2) is 53.9 Å². The fourth-order valence-electron chi connectivity index (χ4n) is 2.19. The van der Waals surface area contributed by atoms with Crippen molar-refractivity contribution in [3.63, 3.8) is 0 Å². The molecule has 1 heterocycles. The lowest BCUT2D eigenvalue weighted by Gasteiger charge is -2.05. The largest absolute Gasteiger partial charge is 0.497 e. The molecule has 0 unspecified atom stereocenters. The highest BCUT2D eigenvalue weighted by molar-refractivity contribution is 7.14. The molecular weight excluding hydrogens is 322 g/mol. The fraction of sp³-hybridized carbons (Fsp3) is 0.111. The Morgan fingerprint density at radius 2 is 1.71 bits per heavy atom. The molecule has 0 fully saturated rings. The first-order chi connectivity index (χ1) is 11.6. The number of carbonyl (C=O) groups is 1. The zero-order chi connectivity index (χ0) is 16.9. The van der Waals surface area contributed by atoms with Gasteiger partial charge in [0.05, 0.1) is 12.8 Å². The van der Waals surface area contributed by atoms with Crippen LogP contribution in [-0.2, 0) is 4.79 Å². The van der Waals surface area contributed by atoms with Crippen LogP contribution in [0.5, 0.6) is 5.75 Å². The Kier molecular flexibility index (Phi) is 4.77. The van der Waals surface area contributed by atoms with Gasteiger partial charge in [-0.1, -0.05) is 0 Å². The Morgan fingerprint density at radius 3 is 2.33 bits per heavy atom. The second kappa shape index (κ2) is 7.14. The predicted molar refractivity (Wildman–Crippen MR) is 98.1 cm³/mol. The van der Waals surface area contributed by atoms with Gasteiger partial charge in [0.15, 0.2) is 5.13 Å². The van der Waals surface area contributed by atoms with Gasteiger partial charge in [-0.2, -0.15) is 0 Å². The molecule has 2 aromatic carbocycles. The molecule has 0 saturated carbocycles. The van der Waals surface area contributed by atoms with Gasteiger partial charge in [0.1, 0.15) is 5.75 Å². The van der Waals surface area contributed by atoms with Crippen LogP contribution in [0.1, 0.15) is 6.92 Å². The predicted octanol–water partition coefficient (Wildman–Crippen LogP) is 4.52. The smallest absolute Gasteiger partial charge is 0.221 e. The molecular formula is C18H17N3O2S. The topological polar surface area (TPSA) is 63.2 Å². The van der Waals surface area contributed by atoms with Gasteiger partial charge in [-0.15, -0.1) is 11.3 Å². The van der Waals surface area contributed by atoms with E-state index in [1.807, 2.05) is 53.9 Å². The van der Waals surface area contributed by atoms with Crippen LogP contribution in [0.4, 0.5) is 16.5 Å². The van der Waals surface area contributed by atoms with Crippen molar-refractivity contribution in [3.05, 3.63) is 53.9 Å². The van der Waals surface area contributed by atoms with Crippen molar-refractivity contribution in [2.24, 2.45) is 0 Å². The van der Waals surface area contributed by atoms with E-state index in [-0.39, 0.29) is 5.91 Å². The zero-order valence-corrected chi connectivity index (χ0v) is 14.2. The second-order valence-electron chi connectivity index (χ2n) is 5.15. The minimum Gasteiger partial charge on any atom is -0.497 e. The first-order valence-corrected chi connectivity index (χ1v) is 8.26. The van der Waals surface area contributed by atoms with Crippen molar-refractivity contribution in [1.29, 1.82) is 0 Å². The number of methoxy groups -OCH3 is 1. The van der Waals surface area contributed by atoms with Crippen LogP contribution >= 0.6 is 11.3 Å². The number of nitrogens with one attached hydrogen (secondary N) is 2. The highest BCUT2D eigenvalue weighted by Crippen LogP contribution is 2.28. The van der Waals surface area contributed by atoms with Crippen molar-refractivity contribution in [3.8, 4) is 17.0 Å². The molecule has 3 aromatic rings. The zero-order valence-electron chi connectivity index (χ0n) is 13.4. The third kappa shape index (κ3) is 3.91. The molecule has 6 heteroatoms. The molecule has 0 bridgehead atoms. The third-order valence-electron chi connectivity index (χ3n) is 3.35. The van der Waals surface area contributed by atoms with Crippen LogP contribution in [0.25, 0.3) is 11.3 Å². The minimum atomic E-state index is -0.0835. The van der Waals surface area contributed by atoms with Crippen LogP contribution < -0.4 is 15.4 Å². The van der Waals surface area contributed by atoms with Gasteiger partial charge in [-0.3, -0.25) is 4.79 Å². The average Bonchev–Trinajstić information content (AvgIpc) is 3.05. The van der Waals surface area contributed by atoms with Gasteiger partial charge < -0.3 is 15.4 Å². The standard InChI is InChI=1S/C18H17N3O2S/c1-12(22)19-14-5-7-15(8-6-14)20-18-21-17(11-24-18)13-3-9-16(23-2)10-4-13/h3-11H,1-2H3,(H,19,22)(H,20,21). The molecule has 5 nitrogen and oxygen atoms in total. The normalized spacial score (nSPS) is 10.2. The van der Waals surface area contributed by atoms with Crippen LogP contribution in [0.2, 0.25) is 0 Å². The highest BCUT2D eigenvalue weighted by atomic mass is 32.1. The van der Waals surface area contributed by atoms with E-state index in [0.29, 0.717) is 0 Å². The number of hydrogen-bond acceptors (Lipinski definition) is 5. The Hall–Kier alpha value is -2.86. The first-order valence-electron chi connectivity index (χ1n) is 7.38. The molecule has 0 saturated heterocycles. The molecule has 0 aliphatic heterocycles. The van der Waals surface area contributed by atoms with Gasteiger partial charge in [0, 0.05) is 29.2 Å². The second-order valence-corrected chi connectivity index (χ2v) is 6.01. The molecule has 24 heavy (non-hydrogen) atoms. The summed E-state index contributed by atoms with van der Waals surface area (Å²) in [6, 6.07) is 15.3. The van der Waals surface area contributed by atoms with E-state index >= 15 is 0 Å². The maximum Gasteiger partial charge on any atom is 0.221 e. The summed E-state index contributed by atoms with van der Waals surface area (Å²) in [7, 11) is 1.65. The lowest BCUT2D eigenvalue weighted by molar-refractivity contribution is -0.114. The van der Waals surface area contributed by atoms with Gasteiger partial charge in [-0.25, -0.2) is 4.98 Å². The summed E-state index contributed by atoms with van der Waals surface area (Å²) in [5, 5.41) is 8.83. The van der Waals surface area contributed by atoms with E-state index in [9.17, 15) is 4.79 Å². The number of aromatic nitrogens is 1. The van der Waals surface area contributed by atoms with Gasteiger partial charge >= 0.3 is 0 Å². The summed E-state index contributed by atoms with van der Waals surface area (Å²) in [4.78, 5) is 15.6. The maximum atomic E-state index is 11.0. The highest BCUT2D eigenvalue weighted by Gasteiger charge is 2.05. The number of thiazole rings is 1. The summed E-state index contributed by atoms with van der Waals surface area (Å²) in [6.07, 6.45) is 0. The summed E-state index contributed by atoms with van der Waals surface area (Å²) < 4.78 is 5.17. The number of carbonyl (C=O) groups excluding carboxylic acids is 1. The molecule has 0 radical (unpaired) electrons. The summed E-state index contributed by atoms with van der Waals surface area (Å²) in [6.45, 7) is 1.49. The molecule has 0 aliphatic rings.